The molecule has 100 valence electrons. The van der Waals surface area contributed by atoms with Crippen molar-refractivity contribution in [2.24, 2.45) is 0 Å². The van der Waals surface area contributed by atoms with Crippen molar-refractivity contribution in [2.45, 2.75) is 6.42 Å². The van der Waals surface area contributed by atoms with E-state index in [9.17, 15) is 9.18 Å². The zero-order valence-electron chi connectivity index (χ0n) is 10.4. The number of fused-ring (bicyclic) bond motifs is 1. The molecule has 0 spiro atoms. The summed E-state index contributed by atoms with van der Waals surface area (Å²) in [5, 5.41) is 1.08. The van der Waals surface area contributed by atoms with Gasteiger partial charge in [0.2, 0.25) is 0 Å². The molecule has 2 heterocycles. The number of benzene rings is 1. The molecule has 0 amide bonds. The fourth-order valence-corrected chi connectivity index (χ4v) is 2.41. The second kappa shape index (κ2) is 5.06. The summed E-state index contributed by atoms with van der Waals surface area (Å²) in [6.45, 7) is 0. The Hall–Kier alpha value is -2.20. The van der Waals surface area contributed by atoms with Crippen molar-refractivity contribution < 1.29 is 9.18 Å². The molecule has 0 aliphatic carbocycles. The summed E-state index contributed by atoms with van der Waals surface area (Å²) >= 11 is 6.10. The molecule has 0 saturated heterocycles. The van der Waals surface area contributed by atoms with Crippen LogP contribution in [0, 0.1) is 5.82 Å². The number of hydrogen-bond acceptors (Lipinski definition) is 2. The maximum Gasteiger partial charge on any atom is 0.169 e. The van der Waals surface area contributed by atoms with Crippen LogP contribution in [0.4, 0.5) is 4.39 Å². The van der Waals surface area contributed by atoms with E-state index < -0.39 is 0 Å². The molecule has 0 unspecified atom stereocenters. The van der Waals surface area contributed by atoms with Crippen LogP contribution < -0.4 is 0 Å². The first-order valence-electron chi connectivity index (χ1n) is 6.04. The number of halogens is 2. The third-order valence-corrected chi connectivity index (χ3v) is 3.39. The fraction of sp³-hybridized carbons (Fsp3) is 0.0667. The van der Waals surface area contributed by atoms with Crippen molar-refractivity contribution >= 4 is 28.4 Å². The Morgan fingerprint density at radius 1 is 1.35 bits per heavy atom. The van der Waals surface area contributed by atoms with Crippen LogP contribution in [0.25, 0.3) is 11.0 Å². The van der Waals surface area contributed by atoms with E-state index in [1.165, 1.54) is 12.1 Å². The van der Waals surface area contributed by atoms with E-state index in [1.54, 1.807) is 30.6 Å². The summed E-state index contributed by atoms with van der Waals surface area (Å²) in [4.78, 5) is 19.4. The molecular formula is C15H10ClFN2O. The van der Waals surface area contributed by atoms with Crippen molar-refractivity contribution in [2.75, 3.05) is 0 Å². The van der Waals surface area contributed by atoms with Crippen LogP contribution in [0.5, 0.6) is 0 Å². The van der Waals surface area contributed by atoms with Gasteiger partial charge in [0.15, 0.2) is 5.78 Å². The van der Waals surface area contributed by atoms with E-state index in [4.69, 9.17) is 11.6 Å². The van der Waals surface area contributed by atoms with E-state index >= 15 is 0 Å². The van der Waals surface area contributed by atoms with Gasteiger partial charge >= 0.3 is 0 Å². The SMILES string of the molecule is O=C(Cc1cccc(F)c1)c1c[nH]c2nccc(Cl)c12. The van der Waals surface area contributed by atoms with Crippen molar-refractivity contribution in [1.29, 1.82) is 0 Å². The highest BCUT2D eigenvalue weighted by atomic mass is 35.5. The van der Waals surface area contributed by atoms with Crippen LogP contribution in [-0.2, 0) is 6.42 Å². The number of rotatable bonds is 3. The first-order chi connectivity index (χ1) is 9.65. The predicted molar refractivity (Wildman–Crippen MR) is 75.5 cm³/mol. The number of nitrogens with zero attached hydrogens (tertiary/aromatic N) is 1. The summed E-state index contributed by atoms with van der Waals surface area (Å²) < 4.78 is 13.1. The van der Waals surface area contributed by atoms with E-state index in [0.717, 1.165) is 0 Å². The topological polar surface area (TPSA) is 45.8 Å². The van der Waals surface area contributed by atoms with Gasteiger partial charge in [0.05, 0.1) is 5.02 Å². The van der Waals surface area contributed by atoms with Gasteiger partial charge in [-0.15, -0.1) is 0 Å². The second-order valence-corrected chi connectivity index (χ2v) is 4.86. The van der Waals surface area contributed by atoms with Crippen LogP contribution in [0.3, 0.4) is 0 Å². The van der Waals surface area contributed by atoms with Gasteiger partial charge in [-0.3, -0.25) is 4.79 Å². The van der Waals surface area contributed by atoms with Crippen LogP contribution in [-0.4, -0.2) is 15.8 Å². The average molecular weight is 289 g/mol. The molecule has 1 aromatic carbocycles. The molecule has 2 aromatic heterocycles. The quantitative estimate of drug-likeness (QED) is 0.746. The molecule has 3 rings (SSSR count). The number of ketones is 1. The molecule has 0 atom stereocenters. The lowest BCUT2D eigenvalue weighted by Crippen LogP contribution is -2.03. The molecule has 0 fully saturated rings. The number of nitrogens with one attached hydrogen (secondary N) is 1. The van der Waals surface area contributed by atoms with Crippen molar-refractivity contribution in [3.8, 4) is 0 Å². The molecule has 1 N–H and O–H groups in total. The van der Waals surface area contributed by atoms with E-state index in [1.807, 2.05) is 0 Å². The Morgan fingerprint density at radius 3 is 3.00 bits per heavy atom. The van der Waals surface area contributed by atoms with Gasteiger partial charge in [-0.1, -0.05) is 23.7 Å². The zero-order valence-corrected chi connectivity index (χ0v) is 11.1. The van der Waals surface area contributed by atoms with Crippen LogP contribution in [0.2, 0.25) is 5.02 Å². The van der Waals surface area contributed by atoms with Gasteiger partial charge in [0.1, 0.15) is 11.5 Å². The molecule has 3 nitrogen and oxygen atoms in total. The minimum Gasteiger partial charge on any atom is -0.345 e. The Bertz CT molecular complexity index is 797. The number of pyridine rings is 1. The average Bonchev–Trinajstić information content (AvgIpc) is 2.84. The highest BCUT2D eigenvalue weighted by Gasteiger charge is 2.15. The van der Waals surface area contributed by atoms with Gasteiger partial charge < -0.3 is 4.98 Å². The fourth-order valence-electron chi connectivity index (χ4n) is 2.16. The summed E-state index contributed by atoms with van der Waals surface area (Å²) in [6, 6.07) is 7.64. The number of aromatic amines is 1. The predicted octanol–water partition coefficient (Wildman–Crippen LogP) is 3.78. The monoisotopic (exact) mass is 288 g/mol. The van der Waals surface area contributed by atoms with Crippen LogP contribution >= 0.6 is 11.6 Å². The first-order valence-corrected chi connectivity index (χ1v) is 6.42. The lowest BCUT2D eigenvalue weighted by Gasteiger charge is -2.01. The van der Waals surface area contributed by atoms with Crippen molar-refractivity contribution in [3.05, 3.63) is 64.7 Å². The molecule has 3 aromatic rings. The van der Waals surface area contributed by atoms with Crippen molar-refractivity contribution in [3.63, 3.8) is 0 Å². The van der Waals surface area contributed by atoms with Gasteiger partial charge in [-0.2, -0.15) is 0 Å². The molecule has 20 heavy (non-hydrogen) atoms. The minimum absolute atomic E-state index is 0.121. The zero-order chi connectivity index (χ0) is 14.1. The molecule has 0 bridgehead atoms. The van der Waals surface area contributed by atoms with Gasteiger partial charge in [0.25, 0.3) is 0 Å². The molecule has 0 aliphatic rings. The second-order valence-electron chi connectivity index (χ2n) is 4.45. The summed E-state index contributed by atoms with van der Waals surface area (Å²) in [5.41, 5.74) is 1.67. The van der Waals surface area contributed by atoms with Crippen molar-refractivity contribution in [1.82, 2.24) is 9.97 Å². The lowest BCUT2D eigenvalue weighted by atomic mass is 10.0. The van der Waals surface area contributed by atoms with E-state index in [0.29, 0.717) is 27.2 Å². The molecule has 0 radical (unpaired) electrons. The number of hydrogen-bond donors (Lipinski definition) is 1. The Balaban J connectivity index is 1.97. The lowest BCUT2D eigenvalue weighted by molar-refractivity contribution is 0.0994. The summed E-state index contributed by atoms with van der Waals surface area (Å²) in [6.07, 6.45) is 3.28. The van der Waals surface area contributed by atoms with E-state index in [2.05, 4.69) is 9.97 Å². The molecule has 0 saturated carbocycles. The molecular weight excluding hydrogens is 279 g/mol. The molecule has 0 aliphatic heterocycles. The highest BCUT2D eigenvalue weighted by molar-refractivity contribution is 6.36. The minimum atomic E-state index is -0.353. The smallest absolute Gasteiger partial charge is 0.169 e. The Kier molecular flexibility index (Phi) is 3.24. The van der Waals surface area contributed by atoms with Gasteiger partial charge in [-0.05, 0) is 23.8 Å². The van der Waals surface area contributed by atoms with E-state index in [-0.39, 0.29) is 18.0 Å². The summed E-state index contributed by atoms with van der Waals surface area (Å²) in [5.74, 6) is -0.481. The first kappa shape index (κ1) is 12.8. The van der Waals surface area contributed by atoms with Crippen LogP contribution in [0.15, 0.2) is 42.7 Å². The third kappa shape index (κ3) is 2.30. The van der Waals surface area contributed by atoms with Gasteiger partial charge in [-0.25, -0.2) is 9.37 Å². The maximum atomic E-state index is 13.1. The number of carbonyl (C=O) groups excluding carboxylic acids is 1. The van der Waals surface area contributed by atoms with Gasteiger partial charge in [0, 0.05) is 29.8 Å². The highest BCUT2D eigenvalue weighted by Crippen LogP contribution is 2.26. The number of Topliss-reactive ketones (excluding diaryl/α,β-unsaturated/α-hetero) is 1. The summed E-state index contributed by atoms with van der Waals surface area (Å²) in [7, 11) is 0. The Morgan fingerprint density at radius 2 is 2.20 bits per heavy atom. The number of H-pyrrole nitrogens is 1. The maximum absolute atomic E-state index is 13.1. The largest absolute Gasteiger partial charge is 0.345 e. The number of carbonyl (C=O) groups is 1. The normalized spacial score (nSPS) is 10.9. The molecule has 5 heteroatoms. The number of aromatic nitrogens is 2. The standard InChI is InChI=1S/C15H10ClFN2O/c16-12-4-5-18-15-14(12)11(8-19-15)13(20)7-9-2-1-3-10(17)6-9/h1-6,8H,7H2,(H,18,19). The third-order valence-electron chi connectivity index (χ3n) is 3.08. The Labute approximate surface area is 119 Å². The van der Waals surface area contributed by atoms with Crippen LogP contribution in [0.1, 0.15) is 15.9 Å².